The van der Waals surface area contributed by atoms with Crippen LogP contribution in [0.3, 0.4) is 0 Å². The molecule has 1 rings (SSSR count). The summed E-state index contributed by atoms with van der Waals surface area (Å²) < 4.78 is 10.9. The number of carbonyl (C=O) groups is 2. The predicted octanol–water partition coefficient (Wildman–Crippen LogP) is 1.58. The molecule has 0 saturated carbocycles. The average molecular weight is 275 g/mol. The first kappa shape index (κ1) is 14.5. The fourth-order valence-corrected chi connectivity index (χ4v) is 1.55. The molecule has 0 aliphatic carbocycles. The van der Waals surface area contributed by atoms with E-state index in [1.54, 1.807) is 20.8 Å². The Bertz CT molecular complexity index is 456. The Labute approximate surface area is 110 Å². The lowest BCUT2D eigenvalue weighted by atomic mass is 10.3. The summed E-state index contributed by atoms with van der Waals surface area (Å²) >= 11 is 5.97. The maximum Gasteiger partial charge on any atom is 0.360 e. The van der Waals surface area contributed by atoms with Crippen molar-refractivity contribution in [3.8, 4) is 0 Å². The van der Waals surface area contributed by atoms with E-state index in [1.807, 2.05) is 0 Å². The van der Waals surface area contributed by atoms with E-state index in [9.17, 15) is 9.59 Å². The average Bonchev–Trinajstić information content (AvgIpc) is 2.58. The summed E-state index contributed by atoms with van der Waals surface area (Å²) in [4.78, 5) is 22.9. The number of aromatic nitrogens is 2. The first-order chi connectivity index (χ1) is 8.51. The van der Waals surface area contributed by atoms with E-state index in [0.717, 1.165) is 0 Å². The minimum atomic E-state index is -0.604. The molecule has 0 unspecified atom stereocenters. The highest BCUT2D eigenvalue weighted by Gasteiger charge is 2.21. The van der Waals surface area contributed by atoms with E-state index >= 15 is 0 Å². The van der Waals surface area contributed by atoms with Crippen LogP contribution in [0.5, 0.6) is 0 Å². The van der Waals surface area contributed by atoms with Crippen LogP contribution < -0.4 is 0 Å². The highest BCUT2D eigenvalue weighted by atomic mass is 35.5. The summed E-state index contributed by atoms with van der Waals surface area (Å²) in [5.41, 5.74) is 0.535. The van der Waals surface area contributed by atoms with Gasteiger partial charge < -0.3 is 9.47 Å². The SMILES string of the molecule is CCOC(=O)Cn1nc(C(=O)OCC)c(Cl)c1C. The second-order valence-corrected chi connectivity index (χ2v) is 3.81. The molecule has 6 nitrogen and oxygen atoms in total. The van der Waals surface area contributed by atoms with Crippen molar-refractivity contribution in [2.75, 3.05) is 13.2 Å². The lowest BCUT2D eigenvalue weighted by molar-refractivity contribution is -0.144. The Kier molecular flexibility index (Phi) is 5.15. The van der Waals surface area contributed by atoms with E-state index in [2.05, 4.69) is 5.10 Å². The molecule has 0 aliphatic heterocycles. The van der Waals surface area contributed by atoms with Gasteiger partial charge in [-0.3, -0.25) is 9.48 Å². The summed E-state index contributed by atoms with van der Waals surface area (Å²) in [6.45, 7) is 5.51. The molecule has 0 fully saturated rings. The van der Waals surface area contributed by atoms with Crippen LogP contribution in [0.1, 0.15) is 30.0 Å². The van der Waals surface area contributed by atoms with Crippen LogP contribution in [-0.2, 0) is 20.8 Å². The molecule has 0 radical (unpaired) electrons. The molecule has 0 N–H and O–H groups in total. The Hall–Kier alpha value is -1.56. The fourth-order valence-electron chi connectivity index (χ4n) is 1.34. The number of esters is 2. The van der Waals surface area contributed by atoms with Crippen LogP contribution in [0, 0.1) is 6.92 Å². The number of rotatable bonds is 5. The molecule has 7 heteroatoms. The summed E-state index contributed by atoms with van der Waals surface area (Å²) in [5.74, 6) is -1.04. The maximum atomic E-state index is 11.5. The Morgan fingerprint density at radius 2 is 1.89 bits per heavy atom. The topological polar surface area (TPSA) is 70.4 Å². The first-order valence-electron chi connectivity index (χ1n) is 5.56. The number of hydrogen-bond acceptors (Lipinski definition) is 5. The van der Waals surface area contributed by atoms with Crippen molar-refractivity contribution < 1.29 is 19.1 Å². The highest BCUT2D eigenvalue weighted by Crippen LogP contribution is 2.20. The highest BCUT2D eigenvalue weighted by molar-refractivity contribution is 6.33. The van der Waals surface area contributed by atoms with Crippen molar-refractivity contribution in [1.29, 1.82) is 0 Å². The van der Waals surface area contributed by atoms with E-state index in [-0.39, 0.29) is 30.5 Å². The first-order valence-corrected chi connectivity index (χ1v) is 5.94. The molecular formula is C11H15ClN2O4. The van der Waals surface area contributed by atoms with Crippen molar-refractivity contribution in [2.45, 2.75) is 27.3 Å². The lowest BCUT2D eigenvalue weighted by Crippen LogP contribution is -2.16. The predicted molar refractivity (Wildman–Crippen MR) is 64.6 cm³/mol. The van der Waals surface area contributed by atoms with Crippen molar-refractivity contribution >= 4 is 23.5 Å². The van der Waals surface area contributed by atoms with E-state index in [1.165, 1.54) is 4.68 Å². The van der Waals surface area contributed by atoms with Crippen LogP contribution in [-0.4, -0.2) is 34.9 Å². The molecule has 0 saturated heterocycles. The van der Waals surface area contributed by atoms with Gasteiger partial charge in [-0.25, -0.2) is 4.79 Å². The number of nitrogens with zero attached hydrogens (tertiary/aromatic N) is 2. The molecule has 0 aliphatic rings. The van der Waals surface area contributed by atoms with Crippen LogP contribution in [0.2, 0.25) is 5.02 Å². The standard InChI is InChI=1S/C11H15ClN2O4/c1-4-17-8(15)6-14-7(3)9(12)10(13-14)11(16)18-5-2/h4-6H2,1-3H3. The van der Waals surface area contributed by atoms with E-state index in [0.29, 0.717) is 5.69 Å². The van der Waals surface area contributed by atoms with Gasteiger partial charge in [0.1, 0.15) is 6.54 Å². The molecule has 1 aromatic rings. The maximum absolute atomic E-state index is 11.5. The molecule has 1 aromatic heterocycles. The van der Waals surface area contributed by atoms with Crippen LogP contribution in [0.25, 0.3) is 0 Å². The summed E-state index contributed by atoms with van der Waals surface area (Å²) in [5, 5.41) is 4.15. The van der Waals surface area contributed by atoms with Crippen molar-refractivity contribution in [3.63, 3.8) is 0 Å². The van der Waals surface area contributed by atoms with Crippen molar-refractivity contribution in [2.24, 2.45) is 0 Å². The minimum absolute atomic E-state index is 0.0142. The van der Waals surface area contributed by atoms with Gasteiger partial charge in [0, 0.05) is 0 Å². The number of halogens is 1. The second-order valence-electron chi connectivity index (χ2n) is 3.43. The van der Waals surface area contributed by atoms with Gasteiger partial charge in [-0.1, -0.05) is 11.6 Å². The third-order valence-corrected chi connectivity index (χ3v) is 2.64. The summed E-state index contributed by atoms with van der Waals surface area (Å²) in [7, 11) is 0. The summed E-state index contributed by atoms with van der Waals surface area (Å²) in [6.07, 6.45) is 0. The lowest BCUT2D eigenvalue weighted by Gasteiger charge is -2.03. The fraction of sp³-hybridized carbons (Fsp3) is 0.545. The quantitative estimate of drug-likeness (QED) is 0.763. The van der Waals surface area contributed by atoms with Crippen LogP contribution in [0.15, 0.2) is 0 Å². The molecule has 0 spiro atoms. The Balaban J connectivity index is 2.92. The van der Waals surface area contributed by atoms with Gasteiger partial charge in [0.2, 0.25) is 0 Å². The largest absolute Gasteiger partial charge is 0.465 e. The third kappa shape index (κ3) is 3.22. The van der Waals surface area contributed by atoms with Crippen molar-refractivity contribution in [3.05, 3.63) is 16.4 Å². The van der Waals surface area contributed by atoms with Crippen LogP contribution >= 0.6 is 11.6 Å². The van der Waals surface area contributed by atoms with E-state index < -0.39 is 11.9 Å². The van der Waals surface area contributed by atoms with Gasteiger partial charge in [0.05, 0.1) is 23.9 Å². The van der Waals surface area contributed by atoms with Gasteiger partial charge in [-0.2, -0.15) is 5.10 Å². The van der Waals surface area contributed by atoms with Gasteiger partial charge in [-0.15, -0.1) is 0 Å². The molecule has 0 atom stereocenters. The van der Waals surface area contributed by atoms with Gasteiger partial charge in [0.25, 0.3) is 0 Å². The van der Waals surface area contributed by atoms with Gasteiger partial charge >= 0.3 is 11.9 Å². The van der Waals surface area contributed by atoms with Crippen molar-refractivity contribution in [1.82, 2.24) is 9.78 Å². The number of ether oxygens (including phenoxy) is 2. The zero-order chi connectivity index (χ0) is 13.7. The normalized spacial score (nSPS) is 10.2. The van der Waals surface area contributed by atoms with Gasteiger partial charge in [0.15, 0.2) is 5.69 Å². The zero-order valence-corrected chi connectivity index (χ0v) is 11.3. The van der Waals surface area contributed by atoms with Gasteiger partial charge in [-0.05, 0) is 20.8 Å². The molecule has 0 amide bonds. The summed E-state index contributed by atoms with van der Waals surface area (Å²) in [6, 6.07) is 0. The molecule has 0 aromatic carbocycles. The smallest absolute Gasteiger partial charge is 0.360 e. The van der Waals surface area contributed by atoms with E-state index in [4.69, 9.17) is 21.1 Å². The molecule has 18 heavy (non-hydrogen) atoms. The number of hydrogen-bond donors (Lipinski definition) is 0. The molecule has 1 heterocycles. The van der Waals surface area contributed by atoms with Crippen LogP contribution in [0.4, 0.5) is 0 Å². The third-order valence-electron chi connectivity index (χ3n) is 2.19. The Morgan fingerprint density at radius 3 is 2.44 bits per heavy atom. The molecule has 100 valence electrons. The zero-order valence-electron chi connectivity index (χ0n) is 10.5. The second kappa shape index (κ2) is 6.39. The minimum Gasteiger partial charge on any atom is -0.465 e. The Morgan fingerprint density at radius 1 is 1.28 bits per heavy atom. The molecular weight excluding hydrogens is 260 g/mol. The molecule has 0 bridgehead atoms. The monoisotopic (exact) mass is 274 g/mol. The number of carbonyl (C=O) groups excluding carboxylic acids is 2.